The maximum absolute atomic E-state index is 11.5. The normalized spacial score (nSPS) is 15.9. The number of carbonyl (C=O) groups is 1. The Bertz CT molecular complexity index is 204. The van der Waals surface area contributed by atoms with Crippen LogP contribution < -0.4 is 5.32 Å². The molecule has 0 aromatic rings. The molecular weight excluding hydrogens is 216 g/mol. The van der Waals surface area contributed by atoms with Crippen molar-refractivity contribution in [3.63, 3.8) is 0 Å². The lowest BCUT2D eigenvalue weighted by Crippen LogP contribution is -2.48. The zero-order valence-electron chi connectivity index (χ0n) is 12.0. The van der Waals surface area contributed by atoms with Crippen molar-refractivity contribution >= 4 is 6.09 Å². The topological polar surface area (TPSA) is 41.6 Å². The molecule has 0 aromatic carbocycles. The fourth-order valence-electron chi connectivity index (χ4n) is 1.17. The fourth-order valence-corrected chi connectivity index (χ4v) is 1.17. The molecule has 0 radical (unpaired) electrons. The van der Waals surface area contributed by atoms with E-state index in [-0.39, 0.29) is 11.7 Å². The predicted octanol–water partition coefficient (Wildman–Crippen LogP) is 2.63. The average Bonchev–Trinajstić information content (AvgIpc) is 2.28. The molecule has 102 valence electrons. The Kier molecular flexibility index (Phi) is 7.96. The van der Waals surface area contributed by atoms with Crippen molar-refractivity contribution in [1.29, 1.82) is 0 Å². The molecular formula is C13H28N2O2. The number of amides is 1. The molecule has 4 nitrogen and oxygen atoms in total. The third-order valence-electron chi connectivity index (χ3n) is 2.27. The zero-order chi connectivity index (χ0) is 13.3. The van der Waals surface area contributed by atoms with Gasteiger partial charge in [-0.15, -0.1) is 0 Å². The molecule has 1 aliphatic heterocycles. The Labute approximate surface area is 106 Å². The lowest BCUT2D eigenvalue weighted by Gasteiger charge is -2.30. The summed E-state index contributed by atoms with van der Waals surface area (Å²) in [6, 6.07) is 0. The summed E-state index contributed by atoms with van der Waals surface area (Å²) in [5, 5.41) is 3.18. The highest BCUT2D eigenvalue weighted by atomic mass is 16.6. The molecule has 0 aromatic heterocycles. The molecule has 0 bridgehead atoms. The summed E-state index contributed by atoms with van der Waals surface area (Å²) in [4.78, 5) is 13.2. The van der Waals surface area contributed by atoms with E-state index in [2.05, 4.69) is 19.2 Å². The van der Waals surface area contributed by atoms with E-state index in [9.17, 15) is 4.79 Å². The first-order valence-corrected chi connectivity index (χ1v) is 6.59. The van der Waals surface area contributed by atoms with Gasteiger partial charge in [-0.05, 0) is 20.8 Å². The quantitative estimate of drug-likeness (QED) is 0.771. The van der Waals surface area contributed by atoms with Crippen molar-refractivity contribution in [2.24, 2.45) is 0 Å². The Balaban J connectivity index is 0.000000557. The zero-order valence-corrected chi connectivity index (χ0v) is 12.0. The van der Waals surface area contributed by atoms with Gasteiger partial charge in [0, 0.05) is 26.2 Å². The Morgan fingerprint density at radius 1 is 1.18 bits per heavy atom. The van der Waals surface area contributed by atoms with Gasteiger partial charge in [0.15, 0.2) is 0 Å². The maximum Gasteiger partial charge on any atom is 0.410 e. The van der Waals surface area contributed by atoms with Gasteiger partial charge in [0.05, 0.1) is 0 Å². The van der Waals surface area contributed by atoms with E-state index in [1.807, 2.05) is 20.8 Å². The van der Waals surface area contributed by atoms with Crippen LogP contribution in [0.3, 0.4) is 0 Å². The van der Waals surface area contributed by atoms with Crippen molar-refractivity contribution in [3.8, 4) is 0 Å². The van der Waals surface area contributed by atoms with Crippen LogP contribution in [0, 0.1) is 0 Å². The molecule has 1 heterocycles. The molecule has 1 rings (SSSR count). The van der Waals surface area contributed by atoms with E-state index < -0.39 is 0 Å². The van der Waals surface area contributed by atoms with Gasteiger partial charge in [-0.1, -0.05) is 26.7 Å². The van der Waals surface area contributed by atoms with Crippen LogP contribution in [0.25, 0.3) is 0 Å². The van der Waals surface area contributed by atoms with Crippen LogP contribution in [-0.2, 0) is 4.74 Å². The monoisotopic (exact) mass is 244 g/mol. The maximum atomic E-state index is 11.5. The van der Waals surface area contributed by atoms with Gasteiger partial charge in [0.2, 0.25) is 0 Å². The molecule has 1 amide bonds. The van der Waals surface area contributed by atoms with Crippen LogP contribution in [0.2, 0.25) is 0 Å². The summed E-state index contributed by atoms with van der Waals surface area (Å²) in [6.45, 7) is 13.2. The predicted molar refractivity (Wildman–Crippen MR) is 71.3 cm³/mol. The van der Waals surface area contributed by atoms with Crippen molar-refractivity contribution < 1.29 is 9.53 Å². The van der Waals surface area contributed by atoms with Gasteiger partial charge >= 0.3 is 6.09 Å². The van der Waals surface area contributed by atoms with E-state index in [1.54, 1.807) is 4.90 Å². The second kappa shape index (κ2) is 8.34. The summed E-state index contributed by atoms with van der Waals surface area (Å²) < 4.78 is 5.24. The minimum atomic E-state index is -0.387. The number of nitrogens with one attached hydrogen (secondary N) is 1. The molecule has 1 N–H and O–H groups in total. The Morgan fingerprint density at radius 2 is 1.65 bits per heavy atom. The average molecular weight is 244 g/mol. The van der Waals surface area contributed by atoms with Crippen LogP contribution in [-0.4, -0.2) is 42.8 Å². The highest BCUT2D eigenvalue weighted by Crippen LogP contribution is 2.09. The molecule has 0 spiro atoms. The van der Waals surface area contributed by atoms with Gasteiger partial charge < -0.3 is 15.0 Å². The van der Waals surface area contributed by atoms with Gasteiger partial charge in [-0.3, -0.25) is 0 Å². The molecule has 4 heteroatoms. The minimum Gasteiger partial charge on any atom is -0.444 e. The minimum absolute atomic E-state index is 0.200. The number of hydrogen-bond acceptors (Lipinski definition) is 3. The summed E-state index contributed by atoms with van der Waals surface area (Å²) in [7, 11) is 0. The van der Waals surface area contributed by atoms with E-state index in [1.165, 1.54) is 12.8 Å². The van der Waals surface area contributed by atoms with Crippen LogP contribution in [0.1, 0.15) is 47.5 Å². The third kappa shape index (κ3) is 8.98. The number of piperazine rings is 1. The second-order valence-electron chi connectivity index (χ2n) is 5.22. The molecule has 1 fully saturated rings. The van der Waals surface area contributed by atoms with Crippen LogP contribution in [0.15, 0.2) is 0 Å². The SMILES string of the molecule is CC(C)(C)OC(=O)N1CCNCC1.CCCC. The highest BCUT2D eigenvalue weighted by Gasteiger charge is 2.22. The van der Waals surface area contributed by atoms with Crippen molar-refractivity contribution in [3.05, 3.63) is 0 Å². The van der Waals surface area contributed by atoms with Gasteiger partial charge in [-0.2, -0.15) is 0 Å². The first kappa shape index (κ1) is 16.2. The van der Waals surface area contributed by atoms with E-state index >= 15 is 0 Å². The van der Waals surface area contributed by atoms with Gasteiger partial charge in [0.1, 0.15) is 5.60 Å². The third-order valence-corrected chi connectivity index (χ3v) is 2.27. The molecule has 0 aliphatic carbocycles. The van der Waals surface area contributed by atoms with Crippen LogP contribution in [0.5, 0.6) is 0 Å². The number of unbranched alkanes of at least 4 members (excludes halogenated alkanes) is 1. The van der Waals surface area contributed by atoms with Gasteiger partial charge in [0.25, 0.3) is 0 Å². The van der Waals surface area contributed by atoms with Crippen LogP contribution in [0.4, 0.5) is 4.79 Å². The number of hydrogen-bond donors (Lipinski definition) is 1. The van der Waals surface area contributed by atoms with Crippen molar-refractivity contribution in [1.82, 2.24) is 10.2 Å². The summed E-state index contributed by atoms with van der Waals surface area (Å²) in [6.07, 6.45) is 2.44. The highest BCUT2D eigenvalue weighted by molar-refractivity contribution is 5.68. The first-order chi connectivity index (χ1) is 7.90. The summed E-state index contributed by atoms with van der Waals surface area (Å²) >= 11 is 0. The van der Waals surface area contributed by atoms with Crippen molar-refractivity contribution in [2.45, 2.75) is 53.1 Å². The van der Waals surface area contributed by atoms with Crippen LogP contribution >= 0.6 is 0 Å². The standard InChI is InChI=1S/C9H18N2O2.C4H10/c1-9(2,3)13-8(12)11-6-4-10-5-7-11;1-3-4-2/h10H,4-7H2,1-3H3;3-4H2,1-2H3. The molecule has 1 aliphatic rings. The molecule has 0 saturated carbocycles. The van der Waals surface area contributed by atoms with Gasteiger partial charge in [-0.25, -0.2) is 4.79 Å². The number of carbonyl (C=O) groups excluding carboxylic acids is 1. The fraction of sp³-hybridized carbons (Fsp3) is 0.923. The number of rotatable bonds is 1. The van der Waals surface area contributed by atoms with E-state index in [0.29, 0.717) is 0 Å². The lowest BCUT2D eigenvalue weighted by molar-refractivity contribution is 0.0229. The first-order valence-electron chi connectivity index (χ1n) is 6.59. The molecule has 0 unspecified atom stereocenters. The smallest absolute Gasteiger partial charge is 0.410 e. The Hall–Kier alpha value is -0.770. The largest absolute Gasteiger partial charge is 0.444 e. The number of nitrogens with zero attached hydrogens (tertiary/aromatic N) is 1. The summed E-state index contributed by atoms with van der Waals surface area (Å²) in [5.74, 6) is 0. The lowest BCUT2D eigenvalue weighted by atomic mass is 10.2. The molecule has 0 atom stereocenters. The van der Waals surface area contributed by atoms with Crippen molar-refractivity contribution in [2.75, 3.05) is 26.2 Å². The Morgan fingerprint density at radius 3 is 2.00 bits per heavy atom. The van der Waals surface area contributed by atoms with E-state index in [4.69, 9.17) is 4.74 Å². The molecule has 17 heavy (non-hydrogen) atoms. The van der Waals surface area contributed by atoms with E-state index in [0.717, 1.165) is 26.2 Å². The summed E-state index contributed by atoms with van der Waals surface area (Å²) in [5.41, 5.74) is -0.387. The molecule has 1 saturated heterocycles. The second-order valence-corrected chi connectivity index (χ2v) is 5.22. The number of ether oxygens (including phenoxy) is 1.